The molecule has 6 unspecified atom stereocenters. The number of aromatic hydroxyl groups is 1. The van der Waals surface area contributed by atoms with Gasteiger partial charge in [-0.05, 0) is 78.1 Å². The van der Waals surface area contributed by atoms with Crippen LogP contribution in [0.15, 0.2) is 102 Å². The highest BCUT2D eigenvalue weighted by molar-refractivity contribution is 7.09. The van der Waals surface area contributed by atoms with E-state index in [1.54, 1.807) is 37.3 Å². The van der Waals surface area contributed by atoms with Crippen LogP contribution in [0.2, 0.25) is 5.02 Å². The number of thiophene rings is 1. The molecule has 8 rings (SSSR count). The van der Waals surface area contributed by atoms with E-state index in [0.29, 0.717) is 28.3 Å². The second-order valence-electron chi connectivity index (χ2n) is 13.0. The molecule has 9 heteroatoms. The van der Waals surface area contributed by atoms with Crippen LogP contribution in [0, 0.1) is 30.6 Å². The number of aryl methyl sites for hydroxylation is 1. The lowest BCUT2D eigenvalue weighted by Crippen LogP contribution is -2.53. The number of phenols is 1. The zero-order valence-corrected chi connectivity index (χ0v) is 27.1. The molecule has 7 nitrogen and oxygen atoms in total. The Bertz CT molecular complexity index is 1990. The standard InChI is InChI=1S/C38H31ClN2O5S/c1-21-17-22(12-15-31(21)42)33-27-13-14-28-32(36(45)40(34(28)43)20-26-11-6-16-47-26)29(27)19-30-35(44)41(25-10-5-9-24(39)18-25)37(46)38(30,33)23-7-3-2-4-8-23/h2-13,15-18,28-30,32-33,42H,14,19-20H2,1H3. The molecule has 0 bridgehead atoms. The normalized spacial score (nSPS) is 28.3. The lowest BCUT2D eigenvalue weighted by Gasteiger charge is -2.50. The minimum atomic E-state index is -1.35. The van der Waals surface area contributed by atoms with Gasteiger partial charge in [0.15, 0.2) is 0 Å². The first-order chi connectivity index (χ1) is 22.7. The van der Waals surface area contributed by atoms with Crippen LogP contribution in [0.25, 0.3) is 0 Å². The molecule has 4 amide bonds. The molecule has 2 aliphatic carbocycles. The molecule has 4 aromatic rings. The summed E-state index contributed by atoms with van der Waals surface area (Å²) < 4.78 is 0. The Balaban J connectivity index is 1.34. The minimum Gasteiger partial charge on any atom is -0.508 e. The zero-order valence-electron chi connectivity index (χ0n) is 25.5. The number of hydrogen-bond acceptors (Lipinski definition) is 6. The molecule has 3 heterocycles. The molecule has 0 spiro atoms. The van der Waals surface area contributed by atoms with Crippen LogP contribution in [-0.4, -0.2) is 33.6 Å². The van der Waals surface area contributed by atoms with E-state index in [1.165, 1.54) is 21.1 Å². The highest BCUT2D eigenvalue weighted by Crippen LogP contribution is 2.64. The number of carbonyl (C=O) groups is 4. The molecule has 2 saturated heterocycles. The Morgan fingerprint density at radius 3 is 2.43 bits per heavy atom. The molecule has 0 radical (unpaired) electrons. The topological polar surface area (TPSA) is 95.0 Å². The number of benzene rings is 3. The fourth-order valence-electron chi connectivity index (χ4n) is 8.76. The van der Waals surface area contributed by atoms with Crippen LogP contribution in [0.5, 0.6) is 5.75 Å². The van der Waals surface area contributed by atoms with Gasteiger partial charge in [-0.2, -0.15) is 0 Å². The first-order valence-electron chi connectivity index (χ1n) is 15.8. The van der Waals surface area contributed by atoms with Crippen LogP contribution in [0.3, 0.4) is 0 Å². The fourth-order valence-corrected chi connectivity index (χ4v) is 9.63. The third-order valence-corrected chi connectivity index (χ3v) is 11.8. The van der Waals surface area contributed by atoms with Crippen LogP contribution < -0.4 is 4.90 Å². The van der Waals surface area contributed by atoms with Crippen molar-refractivity contribution in [3.63, 3.8) is 0 Å². The van der Waals surface area contributed by atoms with Gasteiger partial charge < -0.3 is 5.11 Å². The second-order valence-corrected chi connectivity index (χ2v) is 14.5. The monoisotopic (exact) mass is 662 g/mol. The maximum absolute atomic E-state index is 15.2. The summed E-state index contributed by atoms with van der Waals surface area (Å²) in [6, 6.07) is 25.3. The Morgan fingerprint density at radius 1 is 0.894 bits per heavy atom. The molecule has 236 valence electrons. The summed E-state index contributed by atoms with van der Waals surface area (Å²) in [5.41, 5.74) is 2.05. The summed E-state index contributed by atoms with van der Waals surface area (Å²) in [6.07, 6.45) is 2.66. The van der Waals surface area contributed by atoms with Gasteiger partial charge in [-0.3, -0.25) is 24.1 Å². The van der Waals surface area contributed by atoms with Gasteiger partial charge in [-0.1, -0.05) is 77.8 Å². The van der Waals surface area contributed by atoms with Crippen molar-refractivity contribution in [1.29, 1.82) is 0 Å². The van der Waals surface area contributed by atoms with E-state index >= 15 is 4.79 Å². The van der Waals surface area contributed by atoms with E-state index in [4.69, 9.17) is 11.6 Å². The van der Waals surface area contributed by atoms with E-state index in [0.717, 1.165) is 16.0 Å². The summed E-state index contributed by atoms with van der Waals surface area (Å²) in [7, 11) is 0. The van der Waals surface area contributed by atoms with Crippen LogP contribution >= 0.6 is 22.9 Å². The number of hydrogen-bond donors (Lipinski definition) is 1. The van der Waals surface area contributed by atoms with E-state index < -0.39 is 35.0 Å². The molecule has 3 aromatic carbocycles. The van der Waals surface area contributed by atoms with Gasteiger partial charge >= 0.3 is 0 Å². The van der Waals surface area contributed by atoms with Gasteiger partial charge in [0.1, 0.15) is 5.75 Å². The Kier molecular flexibility index (Phi) is 7.00. The van der Waals surface area contributed by atoms with Crippen LogP contribution in [-0.2, 0) is 31.1 Å². The predicted octanol–water partition coefficient (Wildman–Crippen LogP) is 6.78. The number of phenolic OH excluding ortho intramolecular Hbond substituents is 1. The molecular weight excluding hydrogens is 632 g/mol. The van der Waals surface area contributed by atoms with Gasteiger partial charge in [0.05, 0.1) is 35.4 Å². The van der Waals surface area contributed by atoms with E-state index in [-0.39, 0.29) is 42.3 Å². The number of carbonyl (C=O) groups excluding carboxylic acids is 4. The first-order valence-corrected chi connectivity index (χ1v) is 17.0. The SMILES string of the molecule is Cc1cc(C2C3=CCC4C(=O)N(Cc5cccs5)C(=O)C4C3CC3C(=O)N(c4cccc(Cl)c4)C(=O)C32c2ccccc2)ccc1O. The number of fused-ring (bicyclic) bond motifs is 4. The maximum Gasteiger partial charge on any atom is 0.246 e. The van der Waals surface area contributed by atoms with Gasteiger partial charge in [0.2, 0.25) is 23.6 Å². The molecule has 1 N–H and O–H groups in total. The summed E-state index contributed by atoms with van der Waals surface area (Å²) in [5.74, 6) is -4.06. The molecular formula is C38H31ClN2O5S. The molecule has 3 fully saturated rings. The number of amides is 4. The van der Waals surface area contributed by atoms with Crippen molar-refractivity contribution in [2.45, 2.75) is 37.6 Å². The fraction of sp³-hybridized carbons (Fsp3) is 0.263. The summed E-state index contributed by atoms with van der Waals surface area (Å²) in [5, 5.41) is 12.9. The van der Waals surface area contributed by atoms with Crippen molar-refractivity contribution < 1.29 is 24.3 Å². The van der Waals surface area contributed by atoms with E-state index in [9.17, 15) is 19.5 Å². The van der Waals surface area contributed by atoms with Crippen molar-refractivity contribution >= 4 is 52.3 Å². The third-order valence-electron chi connectivity index (χ3n) is 10.7. The number of anilines is 1. The van der Waals surface area contributed by atoms with Crippen molar-refractivity contribution in [3.8, 4) is 5.75 Å². The third kappa shape index (κ3) is 4.31. The number of halogens is 1. The summed E-state index contributed by atoms with van der Waals surface area (Å²) in [6.45, 7) is 2.03. The number of rotatable bonds is 5. The number of allylic oxidation sites excluding steroid dienone is 2. The number of likely N-dealkylation sites (tertiary alicyclic amines) is 1. The van der Waals surface area contributed by atoms with Crippen molar-refractivity contribution in [1.82, 2.24) is 4.90 Å². The Hall–Kier alpha value is -4.53. The number of imide groups is 2. The Morgan fingerprint density at radius 2 is 1.70 bits per heavy atom. The molecule has 1 saturated carbocycles. The predicted molar refractivity (Wildman–Crippen MR) is 179 cm³/mol. The lowest BCUT2D eigenvalue weighted by molar-refractivity contribution is -0.141. The lowest BCUT2D eigenvalue weighted by atomic mass is 9.49. The van der Waals surface area contributed by atoms with Gasteiger partial charge in [0.25, 0.3) is 0 Å². The highest BCUT2D eigenvalue weighted by atomic mass is 35.5. The van der Waals surface area contributed by atoms with Crippen LogP contribution in [0.1, 0.15) is 40.3 Å². The van der Waals surface area contributed by atoms with Crippen molar-refractivity contribution in [2.75, 3.05) is 4.90 Å². The quantitative estimate of drug-likeness (QED) is 0.188. The minimum absolute atomic E-state index is 0.124. The van der Waals surface area contributed by atoms with E-state index in [2.05, 4.69) is 6.08 Å². The molecule has 1 aromatic heterocycles. The van der Waals surface area contributed by atoms with E-state index in [1.807, 2.05) is 60.0 Å². The average molecular weight is 663 g/mol. The van der Waals surface area contributed by atoms with Gasteiger partial charge in [0, 0.05) is 15.8 Å². The highest BCUT2D eigenvalue weighted by Gasteiger charge is 2.70. The summed E-state index contributed by atoms with van der Waals surface area (Å²) >= 11 is 7.88. The smallest absolute Gasteiger partial charge is 0.246 e. The molecule has 2 aliphatic heterocycles. The van der Waals surface area contributed by atoms with Crippen LogP contribution in [0.4, 0.5) is 5.69 Å². The molecule has 6 atom stereocenters. The van der Waals surface area contributed by atoms with Crippen molar-refractivity contribution in [3.05, 3.63) is 129 Å². The number of nitrogens with zero attached hydrogens (tertiary/aromatic N) is 2. The van der Waals surface area contributed by atoms with Crippen molar-refractivity contribution in [2.24, 2.45) is 23.7 Å². The molecule has 4 aliphatic rings. The molecule has 47 heavy (non-hydrogen) atoms. The largest absolute Gasteiger partial charge is 0.508 e. The second kappa shape index (κ2) is 11.0. The van der Waals surface area contributed by atoms with Gasteiger partial charge in [-0.15, -0.1) is 11.3 Å². The Labute approximate surface area is 281 Å². The average Bonchev–Trinajstić information content (AvgIpc) is 3.74. The van der Waals surface area contributed by atoms with Gasteiger partial charge in [-0.25, -0.2) is 4.90 Å². The first kappa shape index (κ1) is 29.8. The zero-order chi connectivity index (χ0) is 32.6. The summed E-state index contributed by atoms with van der Waals surface area (Å²) in [4.78, 5) is 61.6. The maximum atomic E-state index is 15.2.